The fourth-order valence-corrected chi connectivity index (χ4v) is 2.36. The van der Waals surface area contributed by atoms with Crippen molar-refractivity contribution >= 4 is 33.5 Å². The quantitative estimate of drug-likeness (QED) is 0.800. The van der Waals surface area contributed by atoms with Gasteiger partial charge in [-0.1, -0.05) is 15.9 Å². The van der Waals surface area contributed by atoms with Gasteiger partial charge in [0.15, 0.2) is 5.82 Å². The monoisotopic (exact) mass is 315 g/mol. The minimum absolute atomic E-state index is 0.00315. The minimum Gasteiger partial charge on any atom is -0.333 e. The summed E-state index contributed by atoms with van der Waals surface area (Å²) < 4.78 is 14.5. The standard InChI is InChI=1S/C12H11BrFNO3/c1-6(16)18-15-10-8(12(2,3)11(15)17)4-7(13)5-9(10)14/h4-5H,1-3H3. The molecule has 0 radical (unpaired) electrons. The van der Waals surface area contributed by atoms with Crippen molar-refractivity contribution in [2.75, 3.05) is 5.06 Å². The first-order chi connectivity index (χ1) is 8.25. The van der Waals surface area contributed by atoms with Crippen LogP contribution < -0.4 is 5.06 Å². The molecule has 0 unspecified atom stereocenters. The van der Waals surface area contributed by atoms with Gasteiger partial charge in [0.1, 0.15) is 5.69 Å². The molecule has 0 aliphatic carbocycles. The Morgan fingerprint density at radius 1 is 1.44 bits per heavy atom. The van der Waals surface area contributed by atoms with Gasteiger partial charge < -0.3 is 4.84 Å². The number of fused-ring (bicyclic) bond motifs is 1. The second kappa shape index (κ2) is 4.05. The molecule has 0 atom stereocenters. The predicted octanol–water partition coefficient (Wildman–Crippen LogP) is 2.69. The number of carbonyl (C=O) groups excluding carboxylic acids is 2. The average molecular weight is 316 g/mol. The number of nitrogens with zero attached hydrogens (tertiary/aromatic N) is 1. The molecular formula is C12H11BrFNO3. The van der Waals surface area contributed by atoms with E-state index < -0.39 is 23.1 Å². The number of hydrogen-bond acceptors (Lipinski definition) is 3. The number of halogens is 2. The third-order valence-electron chi connectivity index (χ3n) is 2.84. The molecule has 0 N–H and O–H groups in total. The lowest BCUT2D eigenvalue weighted by Gasteiger charge is -2.18. The van der Waals surface area contributed by atoms with Crippen molar-refractivity contribution in [3.63, 3.8) is 0 Å². The van der Waals surface area contributed by atoms with E-state index in [0.717, 1.165) is 12.0 Å². The lowest BCUT2D eigenvalue weighted by molar-refractivity contribution is -0.149. The number of amides is 1. The van der Waals surface area contributed by atoms with Crippen molar-refractivity contribution in [2.24, 2.45) is 0 Å². The number of benzene rings is 1. The van der Waals surface area contributed by atoms with E-state index >= 15 is 0 Å². The van der Waals surface area contributed by atoms with E-state index in [0.29, 0.717) is 10.0 Å². The summed E-state index contributed by atoms with van der Waals surface area (Å²) in [5.41, 5.74) is -0.445. The van der Waals surface area contributed by atoms with Gasteiger partial charge in [0.25, 0.3) is 5.91 Å². The molecule has 96 valence electrons. The van der Waals surface area contributed by atoms with Gasteiger partial charge in [0.2, 0.25) is 0 Å². The highest BCUT2D eigenvalue weighted by molar-refractivity contribution is 9.10. The molecule has 4 nitrogen and oxygen atoms in total. The Hall–Kier alpha value is -1.43. The minimum atomic E-state index is -0.935. The second-order valence-corrected chi connectivity index (χ2v) is 5.51. The summed E-state index contributed by atoms with van der Waals surface area (Å²) in [4.78, 5) is 27.9. The van der Waals surface area contributed by atoms with E-state index in [1.54, 1.807) is 19.9 Å². The zero-order valence-electron chi connectivity index (χ0n) is 10.1. The van der Waals surface area contributed by atoms with E-state index in [-0.39, 0.29) is 5.69 Å². The molecule has 18 heavy (non-hydrogen) atoms. The molecule has 2 rings (SSSR count). The molecule has 1 amide bonds. The Morgan fingerprint density at radius 2 is 2.06 bits per heavy atom. The van der Waals surface area contributed by atoms with Crippen LogP contribution in [0.1, 0.15) is 26.3 Å². The molecule has 0 fully saturated rings. The summed E-state index contributed by atoms with van der Waals surface area (Å²) in [5, 5.41) is 0.736. The van der Waals surface area contributed by atoms with Crippen LogP contribution in [0.4, 0.5) is 10.1 Å². The van der Waals surface area contributed by atoms with Crippen LogP contribution in [0.5, 0.6) is 0 Å². The van der Waals surface area contributed by atoms with Crippen LogP contribution in [-0.4, -0.2) is 11.9 Å². The summed E-state index contributed by atoms with van der Waals surface area (Å²) >= 11 is 3.18. The van der Waals surface area contributed by atoms with Crippen molar-refractivity contribution in [3.8, 4) is 0 Å². The average Bonchev–Trinajstić information content (AvgIpc) is 2.40. The van der Waals surface area contributed by atoms with E-state index in [2.05, 4.69) is 15.9 Å². The maximum absolute atomic E-state index is 14.0. The van der Waals surface area contributed by atoms with Crippen LogP contribution in [0.2, 0.25) is 0 Å². The third kappa shape index (κ3) is 1.80. The van der Waals surface area contributed by atoms with Gasteiger partial charge in [-0.05, 0) is 31.5 Å². The Bertz CT molecular complexity index is 556. The number of carbonyl (C=O) groups is 2. The van der Waals surface area contributed by atoms with Crippen LogP contribution in [-0.2, 0) is 19.8 Å². The number of rotatable bonds is 1. The molecule has 0 spiro atoms. The first kappa shape index (κ1) is 13.0. The zero-order chi connectivity index (χ0) is 13.7. The highest BCUT2D eigenvalue weighted by atomic mass is 79.9. The van der Waals surface area contributed by atoms with Crippen molar-refractivity contribution < 1.29 is 18.8 Å². The summed E-state index contributed by atoms with van der Waals surface area (Å²) in [7, 11) is 0. The highest BCUT2D eigenvalue weighted by Gasteiger charge is 2.47. The lowest BCUT2D eigenvalue weighted by atomic mass is 9.86. The van der Waals surface area contributed by atoms with Crippen molar-refractivity contribution in [2.45, 2.75) is 26.2 Å². The van der Waals surface area contributed by atoms with E-state index in [1.807, 2.05) is 0 Å². The summed E-state index contributed by atoms with van der Waals surface area (Å²) in [5.74, 6) is -1.75. The topological polar surface area (TPSA) is 46.6 Å². The van der Waals surface area contributed by atoms with E-state index in [9.17, 15) is 14.0 Å². The molecular weight excluding hydrogens is 305 g/mol. The summed E-state index contributed by atoms with van der Waals surface area (Å²) in [6.07, 6.45) is 0. The molecule has 1 heterocycles. The molecule has 0 saturated carbocycles. The van der Waals surface area contributed by atoms with Gasteiger partial charge in [-0.25, -0.2) is 9.18 Å². The van der Waals surface area contributed by atoms with E-state index in [4.69, 9.17) is 4.84 Å². The van der Waals surface area contributed by atoms with Crippen molar-refractivity contribution in [1.82, 2.24) is 0 Å². The predicted molar refractivity (Wildman–Crippen MR) is 66.4 cm³/mol. The van der Waals surface area contributed by atoms with Gasteiger partial charge in [-0.3, -0.25) is 4.79 Å². The molecule has 0 saturated heterocycles. The zero-order valence-corrected chi connectivity index (χ0v) is 11.7. The smallest absolute Gasteiger partial charge is 0.330 e. The second-order valence-electron chi connectivity index (χ2n) is 4.59. The SMILES string of the molecule is CC(=O)ON1C(=O)C(C)(C)c2cc(Br)cc(F)c21. The number of hydrogen-bond donors (Lipinski definition) is 0. The van der Waals surface area contributed by atoms with Crippen LogP contribution in [0, 0.1) is 5.82 Å². The van der Waals surface area contributed by atoms with Crippen LogP contribution >= 0.6 is 15.9 Å². The van der Waals surface area contributed by atoms with Gasteiger partial charge >= 0.3 is 5.97 Å². The van der Waals surface area contributed by atoms with E-state index in [1.165, 1.54) is 6.07 Å². The van der Waals surface area contributed by atoms with Crippen molar-refractivity contribution in [3.05, 3.63) is 28.0 Å². The maximum Gasteiger partial charge on any atom is 0.330 e. The Labute approximate surface area is 112 Å². The molecule has 1 aliphatic rings. The Balaban J connectivity index is 2.65. The number of hydroxylamine groups is 1. The first-order valence-electron chi connectivity index (χ1n) is 5.27. The van der Waals surface area contributed by atoms with Gasteiger partial charge in [-0.15, -0.1) is 5.06 Å². The summed E-state index contributed by atoms with van der Waals surface area (Å²) in [6, 6.07) is 2.88. The molecule has 1 aromatic rings. The summed E-state index contributed by atoms with van der Waals surface area (Å²) in [6.45, 7) is 4.47. The fraction of sp³-hybridized carbons (Fsp3) is 0.333. The number of anilines is 1. The molecule has 0 bridgehead atoms. The highest BCUT2D eigenvalue weighted by Crippen LogP contribution is 2.44. The van der Waals surface area contributed by atoms with Gasteiger partial charge in [-0.2, -0.15) is 0 Å². The normalized spacial score (nSPS) is 16.7. The fourth-order valence-electron chi connectivity index (χ4n) is 1.94. The lowest BCUT2D eigenvalue weighted by Crippen LogP contribution is -2.37. The third-order valence-corrected chi connectivity index (χ3v) is 3.30. The van der Waals surface area contributed by atoms with Gasteiger partial charge in [0.05, 0.1) is 5.41 Å². The van der Waals surface area contributed by atoms with Crippen molar-refractivity contribution in [1.29, 1.82) is 0 Å². The Kier molecular flexibility index (Phi) is 2.93. The van der Waals surface area contributed by atoms with Crippen LogP contribution in [0.25, 0.3) is 0 Å². The van der Waals surface area contributed by atoms with Crippen LogP contribution in [0.15, 0.2) is 16.6 Å². The molecule has 6 heteroatoms. The maximum atomic E-state index is 14.0. The largest absolute Gasteiger partial charge is 0.333 e. The Morgan fingerprint density at radius 3 is 2.61 bits per heavy atom. The van der Waals surface area contributed by atoms with Crippen LogP contribution in [0.3, 0.4) is 0 Å². The molecule has 1 aliphatic heterocycles. The molecule has 1 aromatic carbocycles. The first-order valence-corrected chi connectivity index (χ1v) is 6.07. The van der Waals surface area contributed by atoms with Gasteiger partial charge in [0, 0.05) is 11.4 Å². The molecule has 0 aromatic heterocycles.